The van der Waals surface area contributed by atoms with E-state index in [-0.39, 0.29) is 12.6 Å². The molecule has 30 heavy (non-hydrogen) atoms. The van der Waals surface area contributed by atoms with Gasteiger partial charge in [0.1, 0.15) is 11.6 Å². The molecule has 3 aromatic rings. The first-order valence-corrected chi connectivity index (χ1v) is 10.9. The number of aliphatic hydroxyl groups excluding tert-OH is 1. The van der Waals surface area contributed by atoms with Gasteiger partial charge in [-0.15, -0.1) is 0 Å². The summed E-state index contributed by atoms with van der Waals surface area (Å²) in [6, 6.07) is 14.4. The van der Waals surface area contributed by atoms with Gasteiger partial charge in [-0.05, 0) is 54.7 Å². The van der Waals surface area contributed by atoms with Crippen LogP contribution in [0.4, 0.5) is 0 Å². The summed E-state index contributed by atoms with van der Waals surface area (Å²) in [4.78, 5) is 10.8. The Morgan fingerprint density at radius 1 is 1.23 bits per heavy atom. The third-order valence-corrected chi connectivity index (χ3v) is 6.87. The van der Waals surface area contributed by atoms with Gasteiger partial charge in [-0.3, -0.25) is 4.90 Å². The van der Waals surface area contributed by atoms with Gasteiger partial charge in [0.05, 0.1) is 30.5 Å². The van der Waals surface area contributed by atoms with E-state index in [2.05, 4.69) is 22.0 Å². The van der Waals surface area contributed by atoms with E-state index < -0.39 is 0 Å². The lowest BCUT2D eigenvalue weighted by molar-refractivity contribution is 0.0666. The molecule has 5 rings (SSSR count). The molecule has 1 aromatic heterocycles. The lowest BCUT2D eigenvalue weighted by atomic mass is 9.87. The maximum atomic E-state index is 10.2. The summed E-state index contributed by atoms with van der Waals surface area (Å²) < 4.78 is 5.38. The van der Waals surface area contributed by atoms with Gasteiger partial charge >= 0.3 is 0 Å². The zero-order valence-corrected chi connectivity index (χ0v) is 17.8. The van der Waals surface area contributed by atoms with Crippen molar-refractivity contribution < 1.29 is 9.84 Å². The molecule has 6 heteroatoms. The highest BCUT2D eigenvalue weighted by atomic mass is 35.5. The van der Waals surface area contributed by atoms with Crippen molar-refractivity contribution in [3.63, 3.8) is 0 Å². The van der Waals surface area contributed by atoms with Crippen molar-refractivity contribution >= 4 is 11.6 Å². The van der Waals surface area contributed by atoms with Crippen molar-refractivity contribution in [1.82, 2.24) is 14.9 Å². The van der Waals surface area contributed by atoms with Crippen molar-refractivity contribution in [3.05, 3.63) is 70.0 Å². The highest BCUT2D eigenvalue weighted by Gasteiger charge is 2.35. The van der Waals surface area contributed by atoms with Crippen LogP contribution < -0.4 is 4.74 Å². The number of aliphatic hydroxyl groups is 1. The molecule has 2 heterocycles. The summed E-state index contributed by atoms with van der Waals surface area (Å²) in [5.41, 5.74) is 5.78. The van der Waals surface area contributed by atoms with E-state index in [1.165, 1.54) is 16.8 Å². The van der Waals surface area contributed by atoms with Crippen LogP contribution in [-0.4, -0.2) is 46.3 Å². The number of benzene rings is 2. The fourth-order valence-corrected chi connectivity index (χ4v) is 5.23. The highest BCUT2D eigenvalue weighted by Crippen LogP contribution is 2.37. The normalized spacial score (nSPS) is 21.2. The topological polar surface area (TPSA) is 61.4 Å². The number of halogens is 1. The number of methoxy groups -OCH3 is 1. The second-order valence-electron chi connectivity index (χ2n) is 8.14. The molecule has 0 radical (unpaired) electrons. The minimum atomic E-state index is 0.0252. The van der Waals surface area contributed by atoms with Crippen LogP contribution in [0.25, 0.3) is 11.4 Å². The minimum absolute atomic E-state index is 0.0252. The first kappa shape index (κ1) is 19.6. The van der Waals surface area contributed by atoms with Crippen LogP contribution in [0.15, 0.2) is 42.5 Å². The minimum Gasteiger partial charge on any atom is -0.497 e. The second-order valence-corrected chi connectivity index (χ2v) is 8.55. The Morgan fingerprint density at radius 3 is 2.90 bits per heavy atom. The maximum absolute atomic E-state index is 10.2. The lowest BCUT2D eigenvalue weighted by Gasteiger charge is -2.42. The van der Waals surface area contributed by atoms with Gasteiger partial charge in [-0.1, -0.05) is 29.8 Å². The van der Waals surface area contributed by atoms with E-state index in [1.54, 1.807) is 7.11 Å². The number of nitrogens with zero attached hydrogens (tertiary/aromatic N) is 2. The third-order valence-electron chi connectivity index (χ3n) is 6.54. The molecule has 2 aliphatic rings. The lowest BCUT2D eigenvalue weighted by Crippen LogP contribution is -2.46. The quantitative estimate of drug-likeness (QED) is 0.660. The third kappa shape index (κ3) is 3.41. The Hall–Kier alpha value is -2.34. The molecule has 0 bridgehead atoms. The fraction of sp³-hybridized carbons (Fsp3) is 0.375. The van der Waals surface area contributed by atoms with Crippen LogP contribution >= 0.6 is 11.6 Å². The zero-order chi connectivity index (χ0) is 20.7. The summed E-state index contributed by atoms with van der Waals surface area (Å²) >= 11 is 6.38. The molecule has 2 N–H and O–H groups in total. The number of imidazole rings is 1. The molecule has 2 unspecified atom stereocenters. The number of H-pyrrole nitrogens is 1. The number of aromatic nitrogens is 2. The average molecular weight is 424 g/mol. The molecule has 0 amide bonds. The Morgan fingerprint density at radius 2 is 2.10 bits per heavy atom. The second kappa shape index (κ2) is 8.06. The molecule has 0 saturated heterocycles. The Balaban J connectivity index is 1.40. The first-order chi connectivity index (χ1) is 14.7. The van der Waals surface area contributed by atoms with Crippen molar-refractivity contribution in [3.8, 4) is 17.1 Å². The molecule has 2 aromatic carbocycles. The van der Waals surface area contributed by atoms with Gasteiger partial charge in [0.2, 0.25) is 0 Å². The highest BCUT2D eigenvalue weighted by molar-refractivity contribution is 6.33. The zero-order valence-electron chi connectivity index (χ0n) is 17.1. The number of nitrogens with one attached hydrogen (secondary N) is 1. The van der Waals surface area contributed by atoms with Gasteiger partial charge in [0, 0.05) is 30.3 Å². The molecule has 1 aliphatic heterocycles. The largest absolute Gasteiger partial charge is 0.497 e. The molecule has 0 saturated carbocycles. The molecule has 0 fully saturated rings. The van der Waals surface area contributed by atoms with E-state index in [0.717, 1.165) is 55.1 Å². The number of aromatic amines is 1. The van der Waals surface area contributed by atoms with Crippen molar-refractivity contribution in [1.29, 1.82) is 0 Å². The fourth-order valence-electron chi connectivity index (χ4n) is 5.00. The summed E-state index contributed by atoms with van der Waals surface area (Å²) in [7, 11) is 1.70. The van der Waals surface area contributed by atoms with Crippen molar-refractivity contribution in [2.75, 3.05) is 20.3 Å². The summed E-state index contributed by atoms with van der Waals surface area (Å²) in [5, 5.41) is 10.9. The molecule has 5 nitrogen and oxygen atoms in total. The number of ether oxygens (including phenoxy) is 1. The molecule has 0 spiro atoms. The van der Waals surface area contributed by atoms with E-state index in [0.29, 0.717) is 11.1 Å². The number of hydrogen-bond acceptors (Lipinski definition) is 4. The van der Waals surface area contributed by atoms with Crippen LogP contribution in [0.5, 0.6) is 5.75 Å². The predicted molar refractivity (Wildman–Crippen MR) is 118 cm³/mol. The Labute approximate surface area is 181 Å². The predicted octanol–water partition coefficient (Wildman–Crippen LogP) is 4.19. The van der Waals surface area contributed by atoms with E-state index >= 15 is 0 Å². The van der Waals surface area contributed by atoms with E-state index in [4.69, 9.17) is 21.3 Å². The first-order valence-electron chi connectivity index (χ1n) is 10.5. The van der Waals surface area contributed by atoms with Crippen molar-refractivity contribution in [2.45, 2.75) is 37.8 Å². The summed E-state index contributed by atoms with van der Waals surface area (Å²) in [6.07, 6.45) is 3.86. The Kier molecular flexibility index (Phi) is 5.27. The smallest absolute Gasteiger partial charge is 0.139 e. The van der Waals surface area contributed by atoms with Crippen LogP contribution in [0.1, 0.15) is 35.0 Å². The number of rotatable bonds is 4. The van der Waals surface area contributed by atoms with E-state index in [9.17, 15) is 5.11 Å². The number of aryl methyl sites for hydroxylation is 1. The van der Waals surface area contributed by atoms with Gasteiger partial charge in [-0.25, -0.2) is 4.98 Å². The molecule has 2 atom stereocenters. The Bertz CT molecular complexity index is 1060. The number of fused-ring (bicyclic) bond motifs is 2. The average Bonchev–Trinajstić information content (AvgIpc) is 3.21. The summed E-state index contributed by atoms with van der Waals surface area (Å²) in [5.74, 6) is 1.73. The molecular weight excluding hydrogens is 398 g/mol. The molecule has 156 valence electrons. The number of hydrogen-bond donors (Lipinski definition) is 2. The summed E-state index contributed by atoms with van der Waals surface area (Å²) in [6.45, 7) is 1.06. The molecule has 1 aliphatic carbocycles. The van der Waals surface area contributed by atoms with Crippen LogP contribution in [0, 0.1) is 0 Å². The van der Waals surface area contributed by atoms with Crippen LogP contribution in [-0.2, 0) is 19.3 Å². The SMILES string of the molecule is COc1ccc2c(c1)CCN(C1CCc3nc(-c4ccccc4Cl)[nH]c3C1)C2CO. The monoisotopic (exact) mass is 423 g/mol. The van der Waals surface area contributed by atoms with Gasteiger partial charge in [0.25, 0.3) is 0 Å². The maximum Gasteiger partial charge on any atom is 0.139 e. The van der Waals surface area contributed by atoms with Gasteiger partial charge < -0.3 is 14.8 Å². The van der Waals surface area contributed by atoms with Gasteiger partial charge in [0.15, 0.2) is 0 Å². The van der Waals surface area contributed by atoms with E-state index in [1.807, 2.05) is 30.3 Å². The van der Waals surface area contributed by atoms with Crippen LogP contribution in [0.2, 0.25) is 5.02 Å². The standard InChI is InChI=1S/C24H26ClN3O2/c1-30-17-7-8-18-15(12-17)10-11-28(23(18)14-29)16-6-9-21-22(13-16)27-24(26-21)19-4-2-3-5-20(19)25/h2-5,7-8,12,16,23,29H,6,9-11,13-14H2,1H3,(H,26,27). The van der Waals surface area contributed by atoms with Crippen LogP contribution in [0.3, 0.4) is 0 Å². The van der Waals surface area contributed by atoms with Crippen molar-refractivity contribution in [2.24, 2.45) is 0 Å². The molecular formula is C24H26ClN3O2. The van der Waals surface area contributed by atoms with Gasteiger partial charge in [-0.2, -0.15) is 0 Å².